The standard InChI is InChI=1S/C10H7BrClF3O/c1-2-3-6-8(16-10(13,14)15)5-4-7(11)9(6)12/h2,4-5H,1,3H2. The molecule has 6 heteroatoms. The Morgan fingerprint density at radius 1 is 1.44 bits per heavy atom. The van der Waals surface area contributed by atoms with E-state index in [1.54, 1.807) is 0 Å². The van der Waals surface area contributed by atoms with E-state index in [1.165, 1.54) is 18.2 Å². The van der Waals surface area contributed by atoms with E-state index < -0.39 is 6.36 Å². The Kier molecular flexibility index (Phi) is 4.27. The highest BCUT2D eigenvalue weighted by Gasteiger charge is 2.32. The molecule has 0 fully saturated rings. The maximum Gasteiger partial charge on any atom is 0.573 e. The van der Waals surface area contributed by atoms with Gasteiger partial charge in [0.1, 0.15) is 5.75 Å². The minimum atomic E-state index is -4.73. The molecule has 0 aliphatic rings. The first-order valence-corrected chi connectivity index (χ1v) is 5.35. The van der Waals surface area contributed by atoms with Gasteiger partial charge in [-0.25, -0.2) is 0 Å². The van der Waals surface area contributed by atoms with Gasteiger partial charge < -0.3 is 4.74 Å². The average Bonchev–Trinajstić information content (AvgIpc) is 2.15. The van der Waals surface area contributed by atoms with Crippen molar-refractivity contribution < 1.29 is 17.9 Å². The van der Waals surface area contributed by atoms with Gasteiger partial charge in [-0.05, 0) is 34.5 Å². The van der Waals surface area contributed by atoms with Crippen molar-refractivity contribution in [3.05, 3.63) is 39.8 Å². The van der Waals surface area contributed by atoms with Crippen LogP contribution in [0.4, 0.5) is 13.2 Å². The first kappa shape index (κ1) is 13.4. The lowest BCUT2D eigenvalue weighted by molar-refractivity contribution is -0.274. The molecule has 0 aliphatic heterocycles. The molecular formula is C10H7BrClF3O. The quantitative estimate of drug-likeness (QED) is 0.733. The van der Waals surface area contributed by atoms with Crippen LogP contribution >= 0.6 is 27.5 Å². The molecule has 88 valence electrons. The Hall–Kier alpha value is -0.680. The number of ether oxygens (including phenoxy) is 1. The second kappa shape index (κ2) is 5.10. The molecule has 1 aromatic carbocycles. The van der Waals surface area contributed by atoms with Crippen molar-refractivity contribution in [3.63, 3.8) is 0 Å². The predicted molar refractivity (Wildman–Crippen MR) is 59.7 cm³/mol. The van der Waals surface area contributed by atoms with E-state index in [2.05, 4.69) is 27.2 Å². The smallest absolute Gasteiger partial charge is 0.405 e. The Bertz CT molecular complexity index is 404. The van der Waals surface area contributed by atoms with E-state index in [4.69, 9.17) is 11.6 Å². The molecule has 1 nitrogen and oxygen atoms in total. The Morgan fingerprint density at radius 3 is 2.56 bits per heavy atom. The Balaban J connectivity index is 3.17. The highest BCUT2D eigenvalue weighted by molar-refractivity contribution is 9.10. The fraction of sp³-hybridized carbons (Fsp3) is 0.200. The molecule has 16 heavy (non-hydrogen) atoms. The third kappa shape index (κ3) is 3.42. The summed E-state index contributed by atoms with van der Waals surface area (Å²) < 4.78 is 40.7. The zero-order valence-corrected chi connectivity index (χ0v) is 10.3. The van der Waals surface area contributed by atoms with E-state index in [0.717, 1.165) is 0 Å². The van der Waals surface area contributed by atoms with E-state index in [-0.39, 0.29) is 22.8 Å². The van der Waals surface area contributed by atoms with Crippen LogP contribution in [0.5, 0.6) is 5.75 Å². The van der Waals surface area contributed by atoms with Crippen molar-refractivity contribution in [2.24, 2.45) is 0 Å². The van der Waals surface area contributed by atoms with Crippen LogP contribution in [0.3, 0.4) is 0 Å². The number of allylic oxidation sites excluding steroid dienone is 1. The SMILES string of the molecule is C=CCc1c(OC(F)(F)F)ccc(Br)c1Cl. The lowest BCUT2D eigenvalue weighted by atomic mass is 10.1. The van der Waals surface area contributed by atoms with Crippen LogP contribution in [0.2, 0.25) is 5.02 Å². The number of alkyl halides is 3. The fourth-order valence-electron chi connectivity index (χ4n) is 1.13. The van der Waals surface area contributed by atoms with Crippen LogP contribution in [0.25, 0.3) is 0 Å². The summed E-state index contributed by atoms with van der Waals surface area (Å²) in [6, 6.07) is 2.61. The molecule has 0 unspecified atom stereocenters. The fourth-order valence-corrected chi connectivity index (χ4v) is 1.73. The lowest BCUT2D eigenvalue weighted by Gasteiger charge is -2.14. The lowest BCUT2D eigenvalue weighted by Crippen LogP contribution is -2.18. The first-order valence-electron chi connectivity index (χ1n) is 4.18. The van der Waals surface area contributed by atoms with Crippen LogP contribution in [0.15, 0.2) is 29.3 Å². The molecular weight excluding hydrogens is 308 g/mol. The van der Waals surface area contributed by atoms with Gasteiger partial charge in [-0.3, -0.25) is 0 Å². The zero-order valence-electron chi connectivity index (χ0n) is 7.94. The van der Waals surface area contributed by atoms with Crippen molar-refractivity contribution in [2.75, 3.05) is 0 Å². The minimum Gasteiger partial charge on any atom is -0.405 e. The second-order valence-corrected chi connectivity index (χ2v) is 4.11. The molecule has 0 saturated carbocycles. The molecule has 0 spiro atoms. The van der Waals surface area contributed by atoms with Crippen LogP contribution in [-0.4, -0.2) is 6.36 Å². The summed E-state index contributed by atoms with van der Waals surface area (Å²) in [6.07, 6.45) is -3.08. The molecule has 0 radical (unpaired) electrons. The Labute approximate surface area is 104 Å². The number of hydrogen-bond donors (Lipinski definition) is 0. The van der Waals surface area contributed by atoms with E-state index >= 15 is 0 Å². The van der Waals surface area contributed by atoms with Crippen LogP contribution in [0, 0.1) is 0 Å². The molecule has 1 rings (SSSR count). The normalized spacial score (nSPS) is 11.3. The molecule has 0 amide bonds. The molecule has 0 heterocycles. The van der Waals surface area contributed by atoms with Gasteiger partial charge in [0.15, 0.2) is 0 Å². The van der Waals surface area contributed by atoms with Gasteiger partial charge in [0.2, 0.25) is 0 Å². The Morgan fingerprint density at radius 2 is 2.06 bits per heavy atom. The average molecular weight is 316 g/mol. The van der Waals surface area contributed by atoms with E-state index in [1.807, 2.05) is 0 Å². The van der Waals surface area contributed by atoms with E-state index in [0.29, 0.717) is 4.47 Å². The topological polar surface area (TPSA) is 9.23 Å². The van der Waals surface area contributed by atoms with Gasteiger partial charge >= 0.3 is 6.36 Å². The number of rotatable bonds is 3. The second-order valence-electron chi connectivity index (χ2n) is 2.88. The monoisotopic (exact) mass is 314 g/mol. The van der Waals surface area contributed by atoms with Gasteiger partial charge in [0.25, 0.3) is 0 Å². The van der Waals surface area contributed by atoms with Crippen molar-refractivity contribution in [3.8, 4) is 5.75 Å². The summed E-state index contributed by atoms with van der Waals surface area (Å²) in [5.74, 6) is -0.305. The molecule has 0 aromatic heterocycles. The molecule has 0 aliphatic carbocycles. The van der Waals surface area contributed by atoms with Crippen LogP contribution in [-0.2, 0) is 6.42 Å². The van der Waals surface area contributed by atoms with Gasteiger partial charge in [0, 0.05) is 10.0 Å². The largest absolute Gasteiger partial charge is 0.573 e. The van der Waals surface area contributed by atoms with Gasteiger partial charge in [-0.2, -0.15) is 0 Å². The van der Waals surface area contributed by atoms with Crippen molar-refractivity contribution >= 4 is 27.5 Å². The summed E-state index contributed by atoms with van der Waals surface area (Å²) in [5.41, 5.74) is 0.253. The summed E-state index contributed by atoms with van der Waals surface area (Å²) in [5, 5.41) is 0.196. The summed E-state index contributed by atoms with van der Waals surface area (Å²) in [4.78, 5) is 0. The summed E-state index contributed by atoms with van der Waals surface area (Å²) in [6.45, 7) is 3.45. The number of benzene rings is 1. The third-order valence-electron chi connectivity index (χ3n) is 1.73. The number of halogens is 5. The minimum absolute atomic E-state index is 0.196. The van der Waals surface area contributed by atoms with Crippen molar-refractivity contribution in [2.45, 2.75) is 12.8 Å². The maximum atomic E-state index is 12.1. The van der Waals surface area contributed by atoms with Crippen LogP contribution in [0.1, 0.15) is 5.56 Å². The van der Waals surface area contributed by atoms with Crippen molar-refractivity contribution in [1.29, 1.82) is 0 Å². The maximum absolute atomic E-state index is 12.1. The third-order valence-corrected chi connectivity index (χ3v) is 3.05. The summed E-state index contributed by atoms with van der Waals surface area (Å²) in [7, 11) is 0. The highest BCUT2D eigenvalue weighted by Crippen LogP contribution is 2.36. The molecule has 0 N–H and O–H groups in total. The highest BCUT2D eigenvalue weighted by atomic mass is 79.9. The zero-order chi connectivity index (χ0) is 12.3. The van der Waals surface area contributed by atoms with Gasteiger partial charge in [-0.15, -0.1) is 19.8 Å². The first-order chi connectivity index (χ1) is 7.35. The van der Waals surface area contributed by atoms with Crippen molar-refractivity contribution in [1.82, 2.24) is 0 Å². The van der Waals surface area contributed by atoms with Gasteiger partial charge in [-0.1, -0.05) is 17.7 Å². The molecule has 1 aromatic rings. The number of hydrogen-bond acceptors (Lipinski definition) is 1. The van der Waals surface area contributed by atoms with Gasteiger partial charge in [0.05, 0.1) is 5.02 Å². The predicted octanol–water partition coefficient (Wildman–Crippen LogP) is 4.73. The molecule has 0 bridgehead atoms. The summed E-state index contributed by atoms with van der Waals surface area (Å²) >= 11 is 8.99. The molecule has 0 saturated heterocycles. The van der Waals surface area contributed by atoms with Crippen LogP contribution < -0.4 is 4.74 Å². The van der Waals surface area contributed by atoms with E-state index in [9.17, 15) is 13.2 Å². The molecule has 0 atom stereocenters.